The molecule has 3 aromatic rings. The van der Waals surface area contributed by atoms with Crippen LogP contribution < -0.4 is 10.1 Å². The average molecular weight is 473 g/mol. The molecule has 35 heavy (non-hydrogen) atoms. The summed E-state index contributed by atoms with van der Waals surface area (Å²) in [5, 5.41) is 2.97. The lowest BCUT2D eigenvalue weighted by Gasteiger charge is -2.46. The summed E-state index contributed by atoms with van der Waals surface area (Å²) in [5.74, 6) is -0.523. The molecule has 0 saturated heterocycles. The van der Waals surface area contributed by atoms with Crippen LogP contribution in [0.5, 0.6) is 5.75 Å². The minimum absolute atomic E-state index is 0.0286. The zero-order valence-corrected chi connectivity index (χ0v) is 19.7. The second kappa shape index (κ2) is 9.90. The van der Waals surface area contributed by atoms with Gasteiger partial charge in [0.15, 0.2) is 0 Å². The van der Waals surface area contributed by atoms with E-state index in [2.05, 4.69) is 5.32 Å². The van der Waals surface area contributed by atoms with Crippen molar-refractivity contribution in [2.75, 3.05) is 12.4 Å². The number of fused-ring (bicyclic) bond motifs is 1. The molecule has 180 valence electrons. The molecule has 2 amide bonds. The van der Waals surface area contributed by atoms with Crippen molar-refractivity contribution in [3.05, 3.63) is 95.3 Å². The number of hydrogen-bond acceptors (Lipinski definition) is 3. The van der Waals surface area contributed by atoms with Crippen molar-refractivity contribution in [2.24, 2.45) is 0 Å². The monoisotopic (exact) mass is 472 g/mol. The summed E-state index contributed by atoms with van der Waals surface area (Å²) in [7, 11) is 1.61. The van der Waals surface area contributed by atoms with E-state index in [4.69, 9.17) is 4.74 Å². The molecular weight excluding hydrogens is 443 g/mol. The predicted molar refractivity (Wildman–Crippen MR) is 133 cm³/mol. The van der Waals surface area contributed by atoms with E-state index in [9.17, 15) is 14.0 Å². The van der Waals surface area contributed by atoms with Crippen LogP contribution in [0.15, 0.2) is 72.8 Å². The van der Waals surface area contributed by atoms with Crippen LogP contribution in [0, 0.1) is 5.82 Å². The van der Waals surface area contributed by atoms with Gasteiger partial charge in [0.2, 0.25) is 5.91 Å². The number of halogens is 1. The largest absolute Gasteiger partial charge is 0.497 e. The number of ether oxygens (including phenoxy) is 1. The molecule has 3 aromatic carbocycles. The quantitative estimate of drug-likeness (QED) is 0.489. The SMILES string of the molecule is COc1ccc([C@@H]2[C@@H](C(=O)Nc3ccc(F)cc3)c3ccccc3C(=O)N2C2CCCCC2)cc1. The van der Waals surface area contributed by atoms with Crippen LogP contribution in [-0.2, 0) is 4.79 Å². The molecule has 2 atom stereocenters. The third kappa shape index (κ3) is 4.53. The number of amides is 2. The number of carbonyl (C=O) groups excluding carboxylic acids is 2. The van der Waals surface area contributed by atoms with Crippen LogP contribution in [-0.4, -0.2) is 29.9 Å². The number of rotatable bonds is 5. The highest BCUT2D eigenvalue weighted by Gasteiger charge is 2.46. The molecule has 1 saturated carbocycles. The molecule has 5 nitrogen and oxygen atoms in total. The van der Waals surface area contributed by atoms with Crippen molar-refractivity contribution in [3.8, 4) is 5.75 Å². The summed E-state index contributed by atoms with van der Waals surface area (Å²) < 4.78 is 18.8. The predicted octanol–water partition coefficient (Wildman–Crippen LogP) is 6.09. The number of nitrogens with one attached hydrogen (secondary N) is 1. The van der Waals surface area contributed by atoms with E-state index < -0.39 is 12.0 Å². The minimum atomic E-state index is -0.621. The maximum absolute atomic E-state index is 13.9. The Morgan fingerprint density at radius 2 is 1.63 bits per heavy atom. The summed E-state index contributed by atoms with van der Waals surface area (Å²) in [6.45, 7) is 0. The van der Waals surface area contributed by atoms with Crippen LogP contribution >= 0.6 is 0 Å². The fourth-order valence-electron chi connectivity index (χ4n) is 5.50. The lowest BCUT2D eigenvalue weighted by Crippen LogP contribution is -2.51. The topological polar surface area (TPSA) is 58.6 Å². The van der Waals surface area contributed by atoms with E-state index in [1.165, 1.54) is 12.1 Å². The lowest BCUT2D eigenvalue weighted by atomic mass is 9.77. The Morgan fingerprint density at radius 3 is 2.31 bits per heavy atom. The van der Waals surface area contributed by atoms with Gasteiger partial charge < -0.3 is 15.0 Å². The Morgan fingerprint density at radius 1 is 0.943 bits per heavy atom. The molecule has 1 aliphatic carbocycles. The van der Waals surface area contributed by atoms with Crippen molar-refractivity contribution < 1.29 is 18.7 Å². The molecule has 0 spiro atoms. The summed E-state index contributed by atoms with van der Waals surface area (Å²) >= 11 is 0. The van der Waals surface area contributed by atoms with E-state index in [-0.39, 0.29) is 23.7 Å². The molecule has 0 bridgehead atoms. The standard InChI is InChI=1S/C29H29FN2O3/c1-35-23-17-11-19(12-18-23)27-26(28(33)31-21-15-13-20(30)14-16-21)24-9-5-6-10-25(24)29(34)32(27)22-7-3-2-4-8-22/h5-6,9-18,22,26-27H,2-4,7-8H2,1H3,(H,31,33)/t26-,27+/m0/s1. The van der Waals surface area contributed by atoms with Gasteiger partial charge in [-0.1, -0.05) is 49.6 Å². The van der Waals surface area contributed by atoms with Crippen molar-refractivity contribution >= 4 is 17.5 Å². The molecule has 6 heteroatoms. The highest BCUT2D eigenvalue weighted by molar-refractivity contribution is 6.04. The van der Waals surface area contributed by atoms with Gasteiger partial charge in [0.25, 0.3) is 5.91 Å². The Bertz CT molecular complexity index is 1200. The lowest BCUT2D eigenvalue weighted by molar-refractivity contribution is -0.119. The van der Waals surface area contributed by atoms with Gasteiger partial charge in [0.1, 0.15) is 11.6 Å². The normalized spacial score (nSPS) is 20.3. The number of anilines is 1. The first-order valence-electron chi connectivity index (χ1n) is 12.2. The zero-order chi connectivity index (χ0) is 24.4. The maximum atomic E-state index is 13.9. The summed E-state index contributed by atoms with van der Waals surface area (Å²) in [5.41, 5.74) is 2.69. The van der Waals surface area contributed by atoms with Crippen molar-refractivity contribution in [1.82, 2.24) is 4.90 Å². The van der Waals surface area contributed by atoms with Crippen LogP contribution in [0.4, 0.5) is 10.1 Å². The van der Waals surface area contributed by atoms with Gasteiger partial charge in [0.05, 0.1) is 19.1 Å². The first-order chi connectivity index (χ1) is 17.1. The molecule has 1 fully saturated rings. The molecule has 1 aliphatic heterocycles. The van der Waals surface area contributed by atoms with Crippen LogP contribution in [0.1, 0.15) is 65.5 Å². The Hall–Kier alpha value is -3.67. The first-order valence-corrected chi connectivity index (χ1v) is 12.2. The molecule has 0 radical (unpaired) electrons. The smallest absolute Gasteiger partial charge is 0.254 e. The number of nitrogens with zero attached hydrogens (tertiary/aromatic N) is 1. The minimum Gasteiger partial charge on any atom is -0.497 e. The van der Waals surface area contributed by atoms with Gasteiger partial charge in [-0.3, -0.25) is 9.59 Å². The highest BCUT2D eigenvalue weighted by atomic mass is 19.1. The number of hydrogen-bond donors (Lipinski definition) is 1. The molecule has 1 N–H and O–H groups in total. The third-order valence-corrected chi connectivity index (χ3v) is 7.20. The summed E-state index contributed by atoms with van der Waals surface area (Å²) in [4.78, 5) is 29.8. The molecule has 0 aromatic heterocycles. The van der Waals surface area contributed by atoms with Gasteiger partial charge in [0, 0.05) is 17.3 Å². The van der Waals surface area contributed by atoms with Gasteiger partial charge in [-0.2, -0.15) is 0 Å². The van der Waals surface area contributed by atoms with Crippen LogP contribution in [0.2, 0.25) is 0 Å². The van der Waals surface area contributed by atoms with E-state index in [1.807, 2.05) is 53.4 Å². The Kier molecular flexibility index (Phi) is 6.53. The van der Waals surface area contributed by atoms with E-state index in [0.29, 0.717) is 22.6 Å². The second-order valence-corrected chi connectivity index (χ2v) is 9.28. The van der Waals surface area contributed by atoms with E-state index in [1.54, 1.807) is 19.2 Å². The van der Waals surface area contributed by atoms with Crippen molar-refractivity contribution in [1.29, 1.82) is 0 Å². The molecule has 0 unspecified atom stereocenters. The van der Waals surface area contributed by atoms with Gasteiger partial charge in [-0.25, -0.2) is 4.39 Å². The third-order valence-electron chi connectivity index (χ3n) is 7.20. The van der Waals surface area contributed by atoms with Crippen LogP contribution in [0.3, 0.4) is 0 Å². The fourth-order valence-corrected chi connectivity index (χ4v) is 5.50. The number of benzene rings is 3. The molecular formula is C29H29FN2O3. The Balaban J connectivity index is 1.63. The molecule has 5 rings (SSSR count). The summed E-state index contributed by atoms with van der Waals surface area (Å²) in [6, 6.07) is 20.4. The van der Waals surface area contributed by atoms with Gasteiger partial charge in [-0.05, 0) is 66.4 Å². The number of methoxy groups -OCH3 is 1. The fraction of sp³-hybridized carbons (Fsp3) is 0.310. The first kappa shape index (κ1) is 23.1. The average Bonchev–Trinajstić information content (AvgIpc) is 2.90. The Labute approximate surface area is 204 Å². The number of carbonyl (C=O) groups is 2. The van der Waals surface area contributed by atoms with E-state index in [0.717, 1.165) is 37.7 Å². The summed E-state index contributed by atoms with van der Waals surface area (Å²) in [6.07, 6.45) is 5.15. The molecule has 2 aliphatic rings. The van der Waals surface area contributed by atoms with Crippen LogP contribution in [0.25, 0.3) is 0 Å². The molecule has 1 heterocycles. The van der Waals surface area contributed by atoms with Gasteiger partial charge in [-0.15, -0.1) is 0 Å². The van der Waals surface area contributed by atoms with Crippen molar-refractivity contribution in [3.63, 3.8) is 0 Å². The van der Waals surface area contributed by atoms with E-state index >= 15 is 0 Å². The second-order valence-electron chi connectivity index (χ2n) is 9.28. The van der Waals surface area contributed by atoms with Crippen molar-refractivity contribution in [2.45, 2.75) is 50.1 Å². The zero-order valence-electron chi connectivity index (χ0n) is 19.7. The van der Waals surface area contributed by atoms with Gasteiger partial charge >= 0.3 is 0 Å². The maximum Gasteiger partial charge on any atom is 0.254 e. The highest BCUT2D eigenvalue weighted by Crippen LogP contribution is 2.46.